The van der Waals surface area contributed by atoms with Gasteiger partial charge in [0.05, 0.1) is 0 Å². The summed E-state index contributed by atoms with van der Waals surface area (Å²) in [6, 6.07) is 9.35. The van der Waals surface area contributed by atoms with Crippen LogP contribution in [-0.2, 0) is 4.74 Å². The molecule has 0 bridgehead atoms. The van der Waals surface area contributed by atoms with E-state index in [1.165, 1.54) is 0 Å². The van der Waals surface area contributed by atoms with E-state index in [1.54, 1.807) is 26.8 Å². The molecule has 5 N–H and O–H groups in total. The number of para-hydroxylation sites is 1. The summed E-state index contributed by atoms with van der Waals surface area (Å²) >= 11 is 0. The first kappa shape index (κ1) is 22.3. The van der Waals surface area contributed by atoms with E-state index >= 15 is 0 Å². The maximum absolute atomic E-state index is 12.2. The van der Waals surface area contributed by atoms with Crippen molar-refractivity contribution in [2.24, 2.45) is 10.7 Å². The average Bonchev–Trinajstić information content (AvgIpc) is 2.97. The Morgan fingerprint density at radius 3 is 2.63 bits per heavy atom. The van der Waals surface area contributed by atoms with Gasteiger partial charge in [-0.05, 0) is 39.3 Å². The number of nitrogens with zero attached hydrogens (tertiary/aromatic N) is 1. The summed E-state index contributed by atoms with van der Waals surface area (Å²) < 4.78 is 5.12. The van der Waals surface area contributed by atoms with Crippen LogP contribution in [0.25, 0.3) is 10.9 Å². The van der Waals surface area contributed by atoms with Gasteiger partial charge in [-0.2, -0.15) is 0 Å². The highest BCUT2D eigenvalue weighted by molar-refractivity contribution is 6.06. The molecule has 0 saturated heterocycles. The predicted molar refractivity (Wildman–Crippen MR) is 108 cm³/mol. The van der Waals surface area contributed by atoms with Gasteiger partial charge in [-0.3, -0.25) is 15.1 Å². The van der Waals surface area contributed by atoms with Gasteiger partial charge in [0.25, 0.3) is 5.91 Å². The summed E-state index contributed by atoms with van der Waals surface area (Å²) in [6.45, 7) is 6.17. The number of benzene rings is 1. The minimum atomic E-state index is -0.528. The first-order valence-electron chi connectivity index (χ1n) is 8.40. The second-order valence-corrected chi connectivity index (χ2v) is 6.77. The first-order chi connectivity index (χ1) is 12.2. The number of aliphatic imine (C=N–C) groups is 1. The quantitative estimate of drug-likeness (QED) is 0.353. The Labute approximate surface area is 164 Å². The molecule has 0 saturated carbocycles. The van der Waals surface area contributed by atoms with E-state index in [0.717, 1.165) is 10.9 Å². The summed E-state index contributed by atoms with van der Waals surface area (Å²) in [4.78, 5) is 30.7. The van der Waals surface area contributed by atoms with Crippen LogP contribution in [0.3, 0.4) is 0 Å². The van der Waals surface area contributed by atoms with E-state index < -0.39 is 11.7 Å². The highest BCUT2D eigenvalue weighted by Gasteiger charge is 2.15. The molecule has 2 amide bonds. The van der Waals surface area contributed by atoms with Gasteiger partial charge in [-0.25, -0.2) is 4.79 Å². The van der Waals surface area contributed by atoms with E-state index in [9.17, 15) is 9.59 Å². The first-order valence-corrected chi connectivity index (χ1v) is 8.40. The molecule has 2 aromatic rings. The Hall–Kier alpha value is -2.74. The monoisotopic (exact) mass is 395 g/mol. The minimum Gasteiger partial charge on any atom is -0.444 e. The molecule has 0 spiro atoms. The summed E-state index contributed by atoms with van der Waals surface area (Å²) in [6.07, 6.45) is 0.101. The number of hydrogen-bond acceptors (Lipinski definition) is 4. The largest absolute Gasteiger partial charge is 0.444 e. The van der Waals surface area contributed by atoms with E-state index in [1.807, 2.05) is 24.3 Å². The SMILES string of the molecule is CC(C)(C)OC(=O)NCCCN=C(N)NC(=O)c1cc2ccccc2[nH]1.Cl. The van der Waals surface area contributed by atoms with Crippen LogP contribution >= 0.6 is 12.4 Å². The second kappa shape index (κ2) is 9.82. The number of nitrogens with one attached hydrogen (secondary N) is 3. The lowest BCUT2D eigenvalue weighted by molar-refractivity contribution is 0.0527. The van der Waals surface area contributed by atoms with Crippen molar-refractivity contribution in [2.45, 2.75) is 32.8 Å². The molecule has 2 rings (SSSR count). The van der Waals surface area contributed by atoms with E-state index in [-0.39, 0.29) is 24.3 Å². The van der Waals surface area contributed by atoms with Gasteiger partial charge in [0.2, 0.25) is 0 Å². The molecular weight excluding hydrogens is 370 g/mol. The maximum Gasteiger partial charge on any atom is 0.407 e. The third-order valence-electron chi connectivity index (χ3n) is 3.30. The van der Waals surface area contributed by atoms with Crippen molar-refractivity contribution < 1.29 is 14.3 Å². The second-order valence-electron chi connectivity index (χ2n) is 6.77. The van der Waals surface area contributed by atoms with E-state index in [0.29, 0.717) is 25.2 Å². The van der Waals surface area contributed by atoms with Gasteiger partial charge < -0.3 is 20.8 Å². The number of hydrogen-bond donors (Lipinski definition) is 4. The summed E-state index contributed by atoms with van der Waals surface area (Å²) in [5.41, 5.74) is 6.48. The van der Waals surface area contributed by atoms with Crippen molar-refractivity contribution in [3.8, 4) is 0 Å². The zero-order chi connectivity index (χ0) is 19.2. The van der Waals surface area contributed by atoms with Gasteiger partial charge in [0.1, 0.15) is 11.3 Å². The molecule has 1 aromatic carbocycles. The molecule has 0 radical (unpaired) electrons. The van der Waals surface area contributed by atoms with E-state index in [2.05, 4.69) is 20.6 Å². The lowest BCUT2D eigenvalue weighted by atomic mass is 10.2. The molecule has 0 atom stereocenters. The number of halogens is 1. The molecule has 9 heteroatoms. The molecular formula is C18H26ClN5O3. The van der Waals surface area contributed by atoms with Crippen LogP contribution in [0.5, 0.6) is 0 Å². The zero-order valence-corrected chi connectivity index (χ0v) is 16.5. The number of nitrogens with two attached hydrogens (primary N) is 1. The number of carbonyl (C=O) groups excluding carboxylic acids is 2. The molecule has 0 fully saturated rings. The standard InChI is InChI=1S/C18H25N5O3.ClH/c1-18(2,3)26-17(25)21-10-6-9-20-16(19)23-15(24)14-11-12-7-4-5-8-13(12)22-14;/h4-5,7-8,11,22H,6,9-10H2,1-3H3,(H,21,25)(H3,19,20,23,24);1H. The Balaban J connectivity index is 0.00000364. The molecule has 0 aliphatic heterocycles. The Bertz CT molecular complexity index is 778. The maximum atomic E-state index is 12.2. The van der Waals surface area contributed by atoms with Crippen LogP contribution < -0.4 is 16.4 Å². The zero-order valence-electron chi connectivity index (χ0n) is 15.7. The highest BCUT2D eigenvalue weighted by Crippen LogP contribution is 2.14. The summed E-state index contributed by atoms with van der Waals surface area (Å²) in [5.74, 6) is -0.319. The van der Waals surface area contributed by atoms with Crippen molar-refractivity contribution in [3.63, 3.8) is 0 Å². The van der Waals surface area contributed by atoms with Crippen LogP contribution in [0.15, 0.2) is 35.3 Å². The van der Waals surface area contributed by atoms with Crippen LogP contribution in [0.1, 0.15) is 37.7 Å². The Morgan fingerprint density at radius 2 is 1.96 bits per heavy atom. The fourth-order valence-electron chi connectivity index (χ4n) is 2.20. The van der Waals surface area contributed by atoms with Crippen LogP contribution in [0, 0.1) is 0 Å². The lowest BCUT2D eigenvalue weighted by Crippen LogP contribution is -2.37. The molecule has 1 heterocycles. The number of H-pyrrole nitrogens is 1. The third-order valence-corrected chi connectivity index (χ3v) is 3.30. The highest BCUT2D eigenvalue weighted by atomic mass is 35.5. The number of rotatable bonds is 5. The van der Waals surface area contributed by atoms with Gasteiger partial charge >= 0.3 is 6.09 Å². The molecule has 27 heavy (non-hydrogen) atoms. The van der Waals surface area contributed by atoms with Crippen molar-refractivity contribution in [3.05, 3.63) is 36.0 Å². The number of alkyl carbamates (subject to hydrolysis) is 1. The van der Waals surface area contributed by atoms with Crippen LogP contribution in [0.4, 0.5) is 4.79 Å². The molecule has 148 valence electrons. The smallest absolute Gasteiger partial charge is 0.407 e. The lowest BCUT2D eigenvalue weighted by Gasteiger charge is -2.19. The van der Waals surface area contributed by atoms with Crippen molar-refractivity contribution in [1.29, 1.82) is 0 Å². The number of carbonyl (C=O) groups is 2. The molecule has 0 unspecified atom stereocenters. The number of aromatic amines is 1. The van der Waals surface area contributed by atoms with Crippen molar-refractivity contribution >= 4 is 41.3 Å². The Kier molecular flexibility index (Phi) is 8.11. The topological polar surface area (TPSA) is 122 Å². The van der Waals surface area contributed by atoms with Crippen molar-refractivity contribution in [1.82, 2.24) is 15.6 Å². The van der Waals surface area contributed by atoms with Gasteiger partial charge in [0, 0.05) is 24.0 Å². The molecule has 0 aliphatic carbocycles. The average molecular weight is 396 g/mol. The fourth-order valence-corrected chi connectivity index (χ4v) is 2.20. The Morgan fingerprint density at radius 1 is 1.26 bits per heavy atom. The molecule has 1 aromatic heterocycles. The third kappa shape index (κ3) is 7.57. The number of aromatic nitrogens is 1. The van der Waals surface area contributed by atoms with E-state index in [4.69, 9.17) is 10.5 Å². The number of amides is 2. The normalized spacial score (nSPS) is 11.6. The van der Waals surface area contributed by atoms with Gasteiger partial charge in [-0.1, -0.05) is 18.2 Å². The number of fused-ring (bicyclic) bond motifs is 1. The molecule has 8 nitrogen and oxygen atoms in total. The van der Waals surface area contributed by atoms with Gasteiger partial charge in [-0.15, -0.1) is 12.4 Å². The number of ether oxygens (including phenoxy) is 1. The number of guanidine groups is 1. The fraction of sp³-hybridized carbons (Fsp3) is 0.389. The van der Waals surface area contributed by atoms with Gasteiger partial charge in [0.15, 0.2) is 5.96 Å². The summed E-state index contributed by atoms with van der Waals surface area (Å²) in [5, 5.41) is 6.11. The van der Waals surface area contributed by atoms with Crippen LogP contribution in [0.2, 0.25) is 0 Å². The van der Waals surface area contributed by atoms with Crippen LogP contribution in [-0.4, -0.2) is 41.6 Å². The minimum absolute atomic E-state index is 0. The predicted octanol–water partition coefficient (Wildman–Crippen LogP) is 2.55. The molecule has 0 aliphatic rings. The van der Waals surface area contributed by atoms with Crippen molar-refractivity contribution in [2.75, 3.05) is 13.1 Å². The summed E-state index contributed by atoms with van der Waals surface area (Å²) in [7, 11) is 0.